The Morgan fingerprint density at radius 1 is 0.957 bits per heavy atom. The predicted octanol–water partition coefficient (Wildman–Crippen LogP) is 17.6. The summed E-state index contributed by atoms with van der Waals surface area (Å²) in [5.74, 6) is 3.34. The molecule has 1 aromatic rings. The summed E-state index contributed by atoms with van der Waals surface area (Å²) in [7, 11) is 0. The van der Waals surface area contributed by atoms with Crippen molar-refractivity contribution in [1.82, 2.24) is 0 Å². The first kappa shape index (κ1) is 62.1. The molecule has 380 valence electrons. The number of fused-ring (bicyclic) bond motifs is 1. The highest BCUT2D eigenvalue weighted by atomic mass is 32.1. The van der Waals surface area contributed by atoms with Gasteiger partial charge in [-0.3, -0.25) is 4.99 Å². The largest absolute Gasteiger partial charge is 0.461 e. The standard InChI is InChI=1S/C57H76N2OS.C3H8.C3H5.C2H6.Al/c1-12-15-16-20-37-59-51-33-28-43(6)49(23-14-3)54(51)57(10,11)53(59)35-30-47-40-42(5)39-46(55(47)60-48-31-26-41(4)27-32-48)29-34-52(58-36-19-21-38-61)56(8,9)44(7)50-25-18-17-24-45(50)22-13-2;2*1-3-2;1-2;/h13-14,22-26,28-31,33-35,42,61H,3,6-7,12,15-21,27,32,36-40H2,1-2,4-5,8-11H3;3H2,1-2H3;3H,1-2H2;1-2H3;/b22-13-,34-29+,47-30+,49-23+,53-35-,58-52?;;;;. The molecule has 1 heterocycles. The minimum Gasteiger partial charge on any atom is -0.461 e. The van der Waals surface area contributed by atoms with Crippen LogP contribution in [-0.4, -0.2) is 40.8 Å². The molecule has 70 heavy (non-hydrogen) atoms. The first-order valence-electron chi connectivity index (χ1n) is 26.9. The summed E-state index contributed by atoms with van der Waals surface area (Å²) in [5, 5.41) is 3.23. The number of unbranched alkanes of at least 4 members (excludes halogenated alkanes) is 4. The molecule has 0 saturated carbocycles. The van der Waals surface area contributed by atoms with E-state index in [0.29, 0.717) is 5.92 Å². The molecule has 0 spiro atoms. The van der Waals surface area contributed by atoms with Crippen molar-refractivity contribution < 1.29 is 4.74 Å². The van der Waals surface area contributed by atoms with Gasteiger partial charge >= 0.3 is 0 Å². The van der Waals surface area contributed by atoms with Gasteiger partial charge in [-0.1, -0.05) is 181 Å². The Kier molecular flexibility index (Phi) is 29.2. The Balaban J connectivity index is 0.00000173. The fraction of sp³-hybridized carbons (Fsp3) is 0.492. The Hall–Kier alpha value is -4.01. The predicted molar refractivity (Wildman–Crippen MR) is 320 cm³/mol. The van der Waals surface area contributed by atoms with E-state index in [9.17, 15) is 0 Å². The highest BCUT2D eigenvalue weighted by molar-refractivity contribution is 7.80. The summed E-state index contributed by atoms with van der Waals surface area (Å²) in [6.45, 7) is 45.0. The lowest BCUT2D eigenvalue weighted by molar-refractivity contribution is 0.279. The first-order valence-corrected chi connectivity index (χ1v) is 28.4. The molecule has 3 nitrogen and oxygen atoms in total. The van der Waals surface area contributed by atoms with Crippen LogP contribution in [0.2, 0.25) is 5.28 Å². The maximum absolute atomic E-state index is 7.10. The van der Waals surface area contributed by atoms with Gasteiger partial charge in [-0.25, -0.2) is 0 Å². The molecule has 0 saturated heterocycles. The molecular weight excluding hydrogens is 884 g/mol. The number of allylic oxidation sites excluding steroid dienone is 20. The highest BCUT2D eigenvalue weighted by Crippen LogP contribution is 2.47. The molecule has 3 aliphatic carbocycles. The van der Waals surface area contributed by atoms with E-state index >= 15 is 0 Å². The summed E-state index contributed by atoms with van der Waals surface area (Å²) >= 11 is 7.04. The Labute approximate surface area is 443 Å². The van der Waals surface area contributed by atoms with E-state index in [-0.39, 0.29) is 10.8 Å². The van der Waals surface area contributed by atoms with Crippen LogP contribution in [0.25, 0.3) is 12.7 Å². The molecule has 1 atom stereocenters. The van der Waals surface area contributed by atoms with E-state index in [1.165, 1.54) is 75.7 Å². The lowest BCUT2D eigenvalue weighted by atomic mass is 9.73. The minimum atomic E-state index is -0.389. The van der Waals surface area contributed by atoms with Crippen LogP contribution in [0.4, 0.5) is 5.69 Å². The van der Waals surface area contributed by atoms with Gasteiger partial charge in [-0.15, -0.1) is 17.9 Å². The van der Waals surface area contributed by atoms with Crippen LogP contribution >= 0.6 is 12.6 Å². The number of benzene rings is 1. The van der Waals surface area contributed by atoms with Crippen LogP contribution < -0.4 is 15.3 Å². The SMILES string of the molecule is C=C/C=c1/c2c(ccc1=C)N(CCCCCC)/C(=C\C=C1/CC(C)CC(/C=C/C(=NCCCCS)C(C)(C)C(=C)C3=CCCC=C3/C=C\C)=C1OC1=CC=C(C)CC1)C2(C)C.C=C[CH2][Al].CC.CCC. The van der Waals surface area contributed by atoms with Gasteiger partial charge in [0.05, 0.1) is 0 Å². The zero-order valence-electron chi connectivity index (χ0n) is 46.4. The van der Waals surface area contributed by atoms with Gasteiger partial charge in [0.15, 0.2) is 0 Å². The number of anilines is 1. The molecule has 4 aliphatic rings. The van der Waals surface area contributed by atoms with Crippen molar-refractivity contribution in [2.45, 2.75) is 177 Å². The molecule has 1 unspecified atom stereocenters. The number of ether oxygens (including phenoxy) is 1. The van der Waals surface area contributed by atoms with E-state index in [0.717, 1.165) is 110 Å². The second-order valence-corrected chi connectivity index (χ2v) is 20.8. The van der Waals surface area contributed by atoms with Gasteiger partial charge < -0.3 is 9.64 Å². The van der Waals surface area contributed by atoms with Gasteiger partial charge in [0.25, 0.3) is 0 Å². The molecule has 0 aromatic heterocycles. The smallest absolute Gasteiger partial charge is 0.133 e. The van der Waals surface area contributed by atoms with E-state index in [1.807, 2.05) is 26.0 Å². The molecule has 5 rings (SSSR count). The summed E-state index contributed by atoms with van der Waals surface area (Å²) in [5.41, 5.74) is 11.8. The molecular formula is C65H95AlN2OS. The molecule has 0 bridgehead atoms. The summed E-state index contributed by atoms with van der Waals surface area (Å²) < 4.78 is 7.10. The van der Waals surface area contributed by atoms with E-state index in [4.69, 9.17) is 16.3 Å². The van der Waals surface area contributed by atoms with E-state index < -0.39 is 0 Å². The van der Waals surface area contributed by atoms with E-state index in [2.05, 4.69) is 202 Å². The fourth-order valence-electron chi connectivity index (χ4n) is 9.31. The first-order chi connectivity index (χ1) is 33.6. The maximum Gasteiger partial charge on any atom is 0.133 e. The van der Waals surface area contributed by atoms with Crippen molar-refractivity contribution in [1.29, 1.82) is 0 Å². The fourth-order valence-corrected chi connectivity index (χ4v) is 9.53. The topological polar surface area (TPSA) is 24.8 Å². The molecule has 0 N–H and O–H groups in total. The van der Waals surface area contributed by atoms with Crippen molar-refractivity contribution in [2.24, 2.45) is 16.3 Å². The zero-order valence-corrected chi connectivity index (χ0v) is 48.5. The van der Waals surface area contributed by atoms with Gasteiger partial charge in [0.1, 0.15) is 27.8 Å². The Morgan fingerprint density at radius 2 is 1.66 bits per heavy atom. The third-order valence-corrected chi connectivity index (χ3v) is 13.8. The van der Waals surface area contributed by atoms with E-state index in [1.54, 1.807) is 0 Å². The molecule has 1 aromatic carbocycles. The van der Waals surface area contributed by atoms with Gasteiger partial charge in [-0.05, 0) is 145 Å². The number of hydrogen-bond acceptors (Lipinski definition) is 4. The lowest BCUT2D eigenvalue weighted by Crippen LogP contribution is -2.33. The van der Waals surface area contributed by atoms with Gasteiger partial charge in [-0.2, -0.15) is 12.6 Å². The average Bonchev–Trinajstić information content (AvgIpc) is 3.56. The second kappa shape index (κ2) is 32.9. The molecule has 2 radical (unpaired) electrons. The number of hydrogen-bond donors (Lipinski definition) is 1. The Bertz CT molecular complexity index is 2320. The molecule has 0 amide bonds. The second-order valence-electron chi connectivity index (χ2n) is 19.9. The third kappa shape index (κ3) is 17.9. The van der Waals surface area contributed by atoms with Crippen molar-refractivity contribution in [3.8, 4) is 0 Å². The van der Waals surface area contributed by atoms with Crippen LogP contribution in [0.15, 0.2) is 160 Å². The number of aliphatic imine (C=N–C) groups is 1. The summed E-state index contributed by atoms with van der Waals surface area (Å²) in [6.07, 6.45) is 42.8. The molecule has 0 fully saturated rings. The van der Waals surface area contributed by atoms with Crippen molar-refractivity contribution in [2.75, 3.05) is 23.7 Å². The van der Waals surface area contributed by atoms with Gasteiger partial charge in [0.2, 0.25) is 0 Å². The van der Waals surface area contributed by atoms with Crippen LogP contribution in [-0.2, 0) is 10.2 Å². The summed E-state index contributed by atoms with van der Waals surface area (Å²) in [6, 6.07) is 4.46. The minimum absolute atomic E-state index is 0.232. The normalized spacial score (nSPS) is 19.3. The summed E-state index contributed by atoms with van der Waals surface area (Å²) in [4.78, 5) is 7.92. The number of rotatable bonds is 20. The highest BCUT2D eigenvalue weighted by Gasteiger charge is 2.40. The number of nitrogens with zero attached hydrogens (tertiary/aromatic N) is 2. The third-order valence-electron chi connectivity index (χ3n) is 13.1. The Morgan fingerprint density at radius 3 is 2.27 bits per heavy atom. The maximum atomic E-state index is 7.10. The van der Waals surface area contributed by atoms with Crippen molar-refractivity contribution >= 4 is 53.0 Å². The van der Waals surface area contributed by atoms with Crippen molar-refractivity contribution in [3.05, 3.63) is 171 Å². The monoisotopic (exact) mass is 979 g/mol. The average molecular weight is 980 g/mol. The number of thiol groups is 1. The molecule has 5 heteroatoms. The van der Waals surface area contributed by atoms with Crippen LogP contribution in [0.3, 0.4) is 0 Å². The van der Waals surface area contributed by atoms with Crippen LogP contribution in [0, 0.1) is 11.3 Å². The van der Waals surface area contributed by atoms with Crippen molar-refractivity contribution in [3.63, 3.8) is 0 Å². The molecule has 1 aliphatic heterocycles. The quantitative estimate of drug-likeness (QED) is 0.0463. The van der Waals surface area contributed by atoms with Crippen LogP contribution in [0.1, 0.15) is 172 Å². The van der Waals surface area contributed by atoms with Crippen LogP contribution in [0.5, 0.6) is 0 Å². The zero-order chi connectivity index (χ0) is 52.3. The van der Waals surface area contributed by atoms with Gasteiger partial charge in [0, 0.05) is 47.4 Å². The lowest BCUT2D eigenvalue weighted by Gasteiger charge is -2.32.